The van der Waals surface area contributed by atoms with Gasteiger partial charge in [0.1, 0.15) is 0 Å². The summed E-state index contributed by atoms with van der Waals surface area (Å²) in [5, 5.41) is 11.0. The fourth-order valence-corrected chi connectivity index (χ4v) is 2.38. The normalized spacial score (nSPS) is 19.7. The Bertz CT molecular complexity index is 433. The zero-order valence-corrected chi connectivity index (χ0v) is 11.1. The predicted molar refractivity (Wildman–Crippen MR) is 71.4 cm³/mol. The third kappa shape index (κ3) is 3.07. The van der Waals surface area contributed by atoms with Crippen molar-refractivity contribution in [3.8, 4) is 0 Å². The summed E-state index contributed by atoms with van der Waals surface area (Å²) in [6, 6.07) is 7.04. The van der Waals surface area contributed by atoms with Gasteiger partial charge in [-0.15, -0.1) is 0 Å². The van der Waals surface area contributed by atoms with E-state index in [0.717, 1.165) is 31.5 Å². The lowest BCUT2D eigenvalue weighted by Crippen LogP contribution is -2.36. The van der Waals surface area contributed by atoms with Gasteiger partial charge >= 0.3 is 0 Å². The predicted octanol–water partition coefficient (Wildman–Crippen LogP) is 3.22. The lowest BCUT2D eigenvalue weighted by Gasteiger charge is -2.36. The van der Waals surface area contributed by atoms with Crippen molar-refractivity contribution in [3.63, 3.8) is 0 Å². The number of rotatable bonds is 3. The zero-order chi connectivity index (χ0) is 13.2. The van der Waals surface area contributed by atoms with Crippen LogP contribution in [0.15, 0.2) is 24.3 Å². The summed E-state index contributed by atoms with van der Waals surface area (Å²) in [6.45, 7) is 7.32. The molecule has 18 heavy (non-hydrogen) atoms. The molecule has 4 nitrogen and oxygen atoms in total. The van der Waals surface area contributed by atoms with Crippen LogP contribution in [0.4, 0.5) is 5.69 Å². The molecule has 1 aromatic carbocycles. The number of para-hydroxylation sites is 1. The molecular weight excluding hydrogens is 228 g/mol. The highest BCUT2D eigenvalue weighted by Gasteiger charge is 2.26. The zero-order valence-electron chi connectivity index (χ0n) is 11.1. The third-order valence-electron chi connectivity index (χ3n) is 3.79. The van der Waals surface area contributed by atoms with Crippen molar-refractivity contribution >= 4 is 5.69 Å². The largest absolute Gasteiger partial charge is 0.299 e. The molecule has 1 fully saturated rings. The van der Waals surface area contributed by atoms with Gasteiger partial charge in [-0.1, -0.05) is 32.0 Å². The van der Waals surface area contributed by atoms with Crippen LogP contribution in [0, 0.1) is 15.5 Å². The molecular formula is C14H20N2O2. The van der Waals surface area contributed by atoms with Gasteiger partial charge in [-0.2, -0.15) is 0 Å². The van der Waals surface area contributed by atoms with Crippen molar-refractivity contribution in [2.24, 2.45) is 5.41 Å². The van der Waals surface area contributed by atoms with E-state index in [0.29, 0.717) is 12.0 Å². The number of nitro benzene ring substituents is 1. The van der Waals surface area contributed by atoms with Gasteiger partial charge < -0.3 is 0 Å². The third-order valence-corrected chi connectivity index (χ3v) is 3.79. The first-order chi connectivity index (χ1) is 8.48. The number of nitro groups is 1. The molecule has 0 spiro atoms. The second-order valence-electron chi connectivity index (χ2n) is 5.83. The Hall–Kier alpha value is -1.42. The maximum Gasteiger partial charge on any atom is 0.273 e. The average Bonchev–Trinajstić information content (AvgIpc) is 2.32. The Labute approximate surface area is 108 Å². The minimum atomic E-state index is -0.288. The Kier molecular flexibility index (Phi) is 3.66. The van der Waals surface area contributed by atoms with Gasteiger partial charge in [0.2, 0.25) is 0 Å². The van der Waals surface area contributed by atoms with Crippen LogP contribution in [0.3, 0.4) is 0 Å². The number of likely N-dealkylation sites (tertiary alicyclic amines) is 1. The minimum absolute atomic E-state index is 0.238. The van der Waals surface area contributed by atoms with Gasteiger partial charge in [0.15, 0.2) is 0 Å². The molecule has 0 atom stereocenters. The molecule has 0 saturated carbocycles. The smallest absolute Gasteiger partial charge is 0.273 e. The molecule has 1 aromatic rings. The molecule has 0 aliphatic carbocycles. The summed E-state index contributed by atoms with van der Waals surface area (Å²) < 4.78 is 0. The van der Waals surface area contributed by atoms with E-state index in [1.807, 2.05) is 12.1 Å². The lowest BCUT2D eigenvalue weighted by atomic mass is 9.82. The van der Waals surface area contributed by atoms with Crippen LogP contribution in [0.1, 0.15) is 32.3 Å². The van der Waals surface area contributed by atoms with E-state index in [2.05, 4.69) is 18.7 Å². The van der Waals surface area contributed by atoms with Gasteiger partial charge in [-0.05, 0) is 31.3 Å². The average molecular weight is 248 g/mol. The molecule has 0 aromatic heterocycles. The van der Waals surface area contributed by atoms with Crippen LogP contribution in [0.25, 0.3) is 0 Å². The second-order valence-corrected chi connectivity index (χ2v) is 5.83. The molecule has 1 saturated heterocycles. The maximum absolute atomic E-state index is 11.0. The van der Waals surface area contributed by atoms with Crippen molar-refractivity contribution in [1.82, 2.24) is 4.90 Å². The van der Waals surface area contributed by atoms with E-state index in [4.69, 9.17) is 0 Å². The first-order valence-electron chi connectivity index (χ1n) is 6.43. The highest BCUT2D eigenvalue weighted by atomic mass is 16.6. The molecule has 1 aliphatic rings. The summed E-state index contributed by atoms with van der Waals surface area (Å²) in [4.78, 5) is 13.0. The molecule has 4 heteroatoms. The Morgan fingerprint density at radius 3 is 2.50 bits per heavy atom. The highest BCUT2D eigenvalue weighted by molar-refractivity contribution is 5.39. The van der Waals surface area contributed by atoms with Gasteiger partial charge in [-0.25, -0.2) is 0 Å². The van der Waals surface area contributed by atoms with Crippen LogP contribution >= 0.6 is 0 Å². The molecule has 0 bridgehead atoms. The van der Waals surface area contributed by atoms with Gasteiger partial charge in [0.05, 0.1) is 4.92 Å². The summed E-state index contributed by atoms with van der Waals surface area (Å²) in [6.07, 6.45) is 2.32. The Morgan fingerprint density at radius 2 is 1.89 bits per heavy atom. The first-order valence-corrected chi connectivity index (χ1v) is 6.43. The van der Waals surface area contributed by atoms with Crippen molar-refractivity contribution in [3.05, 3.63) is 39.9 Å². The summed E-state index contributed by atoms with van der Waals surface area (Å²) in [5.74, 6) is 0. The summed E-state index contributed by atoms with van der Waals surface area (Å²) in [5.41, 5.74) is 1.48. The number of hydrogen-bond acceptors (Lipinski definition) is 3. The fraction of sp³-hybridized carbons (Fsp3) is 0.571. The minimum Gasteiger partial charge on any atom is -0.299 e. The number of hydrogen-bond donors (Lipinski definition) is 0. The van der Waals surface area contributed by atoms with Crippen LogP contribution in [-0.4, -0.2) is 22.9 Å². The van der Waals surface area contributed by atoms with Gasteiger partial charge in [-0.3, -0.25) is 15.0 Å². The highest BCUT2D eigenvalue weighted by Crippen LogP contribution is 2.31. The SMILES string of the molecule is CC1(C)CCN(Cc2ccccc2[N+](=O)[O-])CC1. The standard InChI is InChI=1S/C14H20N2O2/c1-14(2)7-9-15(10-8-14)11-12-5-3-4-6-13(12)16(17)18/h3-6H,7-11H2,1-2H3. The van der Waals surface area contributed by atoms with Crippen LogP contribution in [0.5, 0.6) is 0 Å². The molecule has 98 valence electrons. The fourth-order valence-electron chi connectivity index (χ4n) is 2.38. The number of nitrogens with zero attached hydrogens (tertiary/aromatic N) is 2. The molecule has 0 amide bonds. The molecule has 2 rings (SSSR count). The monoisotopic (exact) mass is 248 g/mol. The van der Waals surface area contributed by atoms with E-state index < -0.39 is 0 Å². The van der Waals surface area contributed by atoms with Crippen molar-refractivity contribution in [2.45, 2.75) is 33.2 Å². The van der Waals surface area contributed by atoms with Crippen LogP contribution in [0.2, 0.25) is 0 Å². The summed E-state index contributed by atoms with van der Waals surface area (Å²) in [7, 11) is 0. The molecule has 1 aliphatic heterocycles. The van der Waals surface area contributed by atoms with E-state index in [1.165, 1.54) is 0 Å². The molecule has 0 N–H and O–H groups in total. The van der Waals surface area contributed by atoms with Crippen LogP contribution < -0.4 is 0 Å². The quantitative estimate of drug-likeness (QED) is 0.609. The van der Waals surface area contributed by atoms with Crippen molar-refractivity contribution in [2.75, 3.05) is 13.1 Å². The maximum atomic E-state index is 11.0. The van der Waals surface area contributed by atoms with Crippen molar-refractivity contribution in [1.29, 1.82) is 0 Å². The molecule has 1 heterocycles. The second kappa shape index (κ2) is 5.06. The summed E-state index contributed by atoms with van der Waals surface area (Å²) >= 11 is 0. The van der Waals surface area contributed by atoms with E-state index >= 15 is 0 Å². The van der Waals surface area contributed by atoms with Gasteiger partial charge in [0.25, 0.3) is 5.69 Å². The number of benzene rings is 1. The van der Waals surface area contributed by atoms with E-state index in [-0.39, 0.29) is 10.6 Å². The molecule has 0 unspecified atom stereocenters. The Morgan fingerprint density at radius 1 is 1.28 bits per heavy atom. The van der Waals surface area contributed by atoms with Gasteiger partial charge in [0, 0.05) is 18.2 Å². The van der Waals surface area contributed by atoms with Crippen molar-refractivity contribution < 1.29 is 4.92 Å². The first kappa shape index (κ1) is 13.0. The lowest BCUT2D eigenvalue weighted by molar-refractivity contribution is -0.385. The number of piperidine rings is 1. The topological polar surface area (TPSA) is 46.4 Å². The molecule has 0 radical (unpaired) electrons. The van der Waals surface area contributed by atoms with Crippen LogP contribution in [-0.2, 0) is 6.54 Å². The van der Waals surface area contributed by atoms with E-state index in [1.54, 1.807) is 12.1 Å². The van der Waals surface area contributed by atoms with E-state index in [9.17, 15) is 10.1 Å². The Balaban J connectivity index is 2.04.